The van der Waals surface area contributed by atoms with Gasteiger partial charge in [-0.1, -0.05) is 24.3 Å². The van der Waals surface area contributed by atoms with E-state index in [0.717, 1.165) is 31.8 Å². The van der Waals surface area contributed by atoms with Gasteiger partial charge >= 0.3 is 6.09 Å². The molecular formula is C20H30N2O2. The summed E-state index contributed by atoms with van der Waals surface area (Å²) in [5.41, 5.74) is 2.37. The molecule has 2 aliphatic carbocycles. The van der Waals surface area contributed by atoms with E-state index < -0.39 is 5.60 Å². The summed E-state index contributed by atoms with van der Waals surface area (Å²) in [6.45, 7) is 8.11. The number of ether oxygens (including phenoxy) is 1. The summed E-state index contributed by atoms with van der Waals surface area (Å²) >= 11 is 0. The highest BCUT2D eigenvalue weighted by Gasteiger charge is 2.34. The van der Waals surface area contributed by atoms with Crippen LogP contribution in [0.25, 0.3) is 0 Å². The second kappa shape index (κ2) is 7.14. The Hall–Kier alpha value is -1.55. The minimum Gasteiger partial charge on any atom is -0.444 e. The molecule has 1 amide bonds. The molecule has 24 heavy (non-hydrogen) atoms. The van der Waals surface area contributed by atoms with Crippen molar-refractivity contribution in [1.82, 2.24) is 10.2 Å². The molecule has 2 saturated carbocycles. The molecule has 0 radical (unpaired) electrons. The number of hydrogen-bond donors (Lipinski definition) is 1. The van der Waals surface area contributed by atoms with Gasteiger partial charge in [-0.05, 0) is 63.5 Å². The maximum absolute atomic E-state index is 12.3. The number of hydrogen-bond acceptors (Lipinski definition) is 3. The molecule has 4 nitrogen and oxygen atoms in total. The molecule has 0 heterocycles. The fraction of sp³-hybridized carbons (Fsp3) is 0.650. The molecule has 0 unspecified atom stereocenters. The van der Waals surface area contributed by atoms with Crippen LogP contribution in [0.2, 0.25) is 0 Å². The van der Waals surface area contributed by atoms with Gasteiger partial charge in [-0.3, -0.25) is 0 Å². The summed E-state index contributed by atoms with van der Waals surface area (Å²) in [5, 5.41) is 3.47. The van der Waals surface area contributed by atoms with Crippen molar-refractivity contribution in [1.29, 1.82) is 0 Å². The van der Waals surface area contributed by atoms with E-state index in [1.54, 1.807) is 0 Å². The van der Waals surface area contributed by atoms with Crippen LogP contribution in [-0.4, -0.2) is 35.7 Å². The maximum atomic E-state index is 12.3. The van der Waals surface area contributed by atoms with Crippen LogP contribution >= 0.6 is 0 Å². The molecule has 1 aromatic carbocycles. The van der Waals surface area contributed by atoms with E-state index in [4.69, 9.17) is 4.74 Å². The lowest BCUT2D eigenvalue weighted by atomic mass is 10.1. The number of rotatable bonds is 7. The van der Waals surface area contributed by atoms with Crippen molar-refractivity contribution < 1.29 is 9.53 Å². The van der Waals surface area contributed by atoms with Gasteiger partial charge in [-0.2, -0.15) is 0 Å². The van der Waals surface area contributed by atoms with E-state index in [1.165, 1.54) is 24.0 Å². The highest BCUT2D eigenvalue weighted by atomic mass is 16.6. The fourth-order valence-corrected chi connectivity index (χ4v) is 2.94. The van der Waals surface area contributed by atoms with E-state index in [0.29, 0.717) is 12.6 Å². The van der Waals surface area contributed by atoms with Gasteiger partial charge in [0.15, 0.2) is 0 Å². The Morgan fingerprint density at radius 1 is 1.25 bits per heavy atom. The lowest BCUT2D eigenvalue weighted by Gasteiger charge is -2.27. The second-order valence-electron chi connectivity index (χ2n) is 8.10. The molecule has 0 bridgehead atoms. The molecule has 4 heteroatoms. The van der Waals surface area contributed by atoms with E-state index in [1.807, 2.05) is 25.7 Å². The third-order valence-electron chi connectivity index (χ3n) is 4.47. The van der Waals surface area contributed by atoms with Gasteiger partial charge < -0.3 is 15.0 Å². The van der Waals surface area contributed by atoms with Crippen LogP contribution in [0.1, 0.15) is 63.5 Å². The average Bonchev–Trinajstić information content (AvgIpc) is 3.37. The summed E-state index contributed by atoms with van der Waals surface area (Å²) in [6, 6.07) is 9.25. The largest absolute Gasteiger partial charge is 0.444 e. The quantitative estimate of drug-likeness (QED) is 0.767. The van der Waals surface area contributed by atoms with Crippen LogP contribution in [0.4, 0.5) is 4.79 Å². The smallest absolute Gasteiger partial charge is 0.410 e. The van der Waals surface area contributed by atoms with Gasteiger partial charge in [0.05, 0.1) is 0 Å². The van der Waals surface area contributed by atoms with Crippen LogP contribution < -0.4 is 5.32 Å². The predicted molar refractivity (Wildman–Crippen MR) is 96.1 cm³/mol. The molecule has 1 aromatic rings. The lowest BCUT2D eigenvalue weighted by molar-refractivity contribution is 0.0236. The van der Waals surface area contributed by atoms with Crippen molar-refractivity contribution in [2.75, 3.05) is 13.1 Å². The molecule has 0 atom stereocenters. The number of carbonyl (C=O) groups excluding carboxylic acids is 1. The molecule has 2 fully saturated rings. The minimum absolute atomic E-state index is 0.178. The van der Waals surface area contributed by atoms with E-state index >= 15 is 0 Å². The first-order chi connectivity index (χ1) is 11.4. The molecule has 132 valence electrons. The van der Waals surface area contributed by atoms with Crippen molar-refractivity contribution in [2.45, 2.75) is 70.6 Å². The Balaban J connectivity index is 1.44. The minimum atomic E-state index is -0.430. The summed E-state index contributed by atoms with van der Waals surface area (Å²) < 4.78 is 5.52. The average molecular weight is 330 g/mol. The van der Waals surface area contributed by atoms with Gasteiger partial charge in [-0.15, -0.1) is 0 Å². The summed E-state index contributed by atoms with van der Waals surface area (Å²) in [5.74, 6) is 0.794. The number of carbonyl (C=O) groups is 1. The first-order valence-electron chi connectivity index (χ1n) is 9.21. The number of nitrogens with zero attached hydrogens (tertiary/aromatic N) is 1. The summed E-state index contributed by atoms with van der Waals surface area (Å²) in [7, 11) is 0. The standard InChI is InChI=1S/C20H30N2O2/c1-20(2,3)24-19(23)22(18-9-10-18)12-11-21-14-15-5-4-6-17(13-15)16-7-8-16/h4-6,13,16,18,21H,7-12,14H2,1-3H3. The highest BCUT2D eigenvalue weighted by molar-refractivity contribution is 5.69. The molecule has 2 aliphatic rings. The first-order valence-corrected chi connectivity index (χ1v) is 9.21. The predicted octanol–water partition coefficient (Wildman–Crippen LogP) is 4.05. The highest BCUT2D eigenvalue weighted by Crippen LogP contribution is 2.40. The molecule has 3 rings (SSSR count). The molecule has 0 spiro atoms. The zero-order valence-corrected chi connectivity index (χ0v) is 15.2. The number of amides is 1. The Labute approximate surface area is 145 Å². The second-order valence-corrected chi connectivity index (χ2v) is 8.10. The Kier molecular flexibility index (Phi) is 5.14. The van der Waals surface area contributed by atoms with Crippen molar-refractivity contribution in [3.05, 3.63) is 35.4 Å². The third-order valence-corrected chi connectivity index (χ3v) is 4.47. The van der Waals surface area contributed by atoms with Crippen LogP contribution in [0.3, 0.4) is 0 Å². The normalized spacial score (nSPS) is 17.6. The number of benzene rings is 1. The molecule has 0 saturated heterocycles. The van der Waals surface area contributed by atoms with Crippen LogP contribution in [0, 0.1) is 0 Å². The monoisotopic (exact) mass is 330 g/mol. The maximum Gasteiger partial charge on any atom is 0.410 e. The van der Waals surface area contributed by atoms with Crippen LogP contribution in [0.15, 0.2) is 24.3 Å². The molecule has 0 aromatic heterocycles. The lowest BCUT2D eigenvalue weighted by Crippen LogP contribution is -2.41. The SMILES string of the molecule is CC(C)(C)OC(=O)N(CCNCc1cccc(C2CC2)c1)C1CC1. The van der Waals surface area contributed by atoms with Crippen molar-refractivity contribution >= 4 is 6.09 Å². The Bertz CT molecular complexity index is 571. The van der Waals surface area contributed by atoms with Gasteiger partial charge in [0.1, 0.15) is 5.60 Å². The van der Waals surface area contributed by atoms with Crippen LogP contribution in [-0.2, 0) is 11.3 Å². The third kappa shape index (κ3) is 5.23. The first kappa shape index (κ1) is 17.3. The van der Waals surface area contributed by atoms with E-state index in [-0.39, 0.29) is 6.09 Å². The number of nitrogens with one attached hydrogen (secondary N) is 1. The van der Waals surface area contributed by atoms with Gasteiger partial charge in [0.2, 0.25) is 0 Å². The van der Waals surface area contributed by atoms with Gasteiger partial charge in [0.25, 0.3) is 0 Å². The Morgan fingerprint density at radius 2 is 2.00 bits per heavy atom. The van der Waals surface area contributed by atoms with Crippen LogP contribution in [0.5, 0.6) is 0 Å². The molecule has 0 aliphatic heterocycles. The van der Waals surface area contributed by atoms with Gasteiger partial charge in [-0.25, -0.2) is 4.79 Å². The topological polar surface area (TPSA) is 41.6 Å². The molecular weight excluding hydrogens is 300 g/mol. The van der Waals surface area contributed by atoms with Gasteiger partial charge in [0, 0.05) is 25.7 Å². The van der Waals surface area contributed by atoms with Crippen molar-refractivity contribution in [3.8, 4) is 0 Å². The zero-order valence-electron chi connectivity index (χ0n) is 15.2. The van der Waals surface area contributed by atoms with E-state index in [9.17, 15) is 4.79 Å². The van der Waals surface area contributed by atoms with Crippen molar-refractivity contribution in [2.24, 2.45) is 0 Å². The van der Waals surface area contributed by atoms with E-state index in [2.05, 4.69) is 29.6 Å². The Morgan fingerprint density at radius 3 is 2.62 bits per heavy atom. The van der Waals surface area contributed by atoms with Crippen molar-refractivity contribution in [3.63, 3.8) is 0 Å². The molecule has 1 N–H and O–H groups in total. The fourth-order valence-electron chi connectivity index (χ4n) is 2.94. The summed E-state index contributed by atoms with van der Waals surface area (Å²) in [4.78, 5) is 14.2. The zero-order chi connectivity index (χ0) is 17.2. The summed E-state index contributed by atoms with van der Waals surface area (Å²) in [6.07, 6.45) is 4.69.